The van der Waals surface area contributed by atoms with Crippen LogP contribution >= 0.6 is 35.3 Å². The largest absolute Gasteiger partial charge is 0.305 e. The lowest BCUT2D eigenvalue weighted by molar-refractivity contribution is 1.09. The van der Waals surface area contributed by atoms with Crippen molar-refractivity contribution in [1.29, 1.82) is 0 Å². The molecule has 0 spiro atoms. The number of hydrogen-bond acceptors (Lipinski definition) is 12. The molecule has 12 heteroatoms. The minimum Gasteiger partial charge on any atom is -0.305 e. The fourth-order valence-electron chi connectivity index (χ4n) is 8.72. The topological polar surface area (TPSA) is 87.1 Å². The van der Waals surface area contributed by atoms with Crippen LogP contribution in [0.5, 0.6) is 0 Å². The van der Waals surface area contributed by atoms with Gasteiger partial charge in [-0.2, -0.15) is 0 Å². The second kappa shape index (κ2) is 16.0. The first-order chi connectivity index (χ1) is 32.7. The van der Waals surface area contributed by atoms with Crippen molar-refractivity contribution in [1.82, 2.24) is 29.9 Å². The van der Waals surface area contributed by atoms with E-state index in [-0.39, 0.29) is 0 Å². The standard InChI is InChI=1S/C54H33N9S3/c1-7-19-46-40(13-1)61(41-14-2-8-20-47(41)64-46)37-28-55-52(56-29-37)34-25-35(53-57-30-38(31-58-53)62-42-15-3-9-21-48(42)65-49-22-10-4-16-43(49)62)27-36(26-34)54-59-32-39(33-60-54)63-44-17-5-11-23-50(44)66-51-24-12-6-18-45(51)63/h1-33H. The minimum atomic E-state index is 0.557. The van der Waals surface area contributed by atoms with E-state index < -0.39 is 0 Å². The zero-order valence-electron chi connectivity index (χ0n) is 34.8. The number of aromatic nitrogens is 6. The molecule has 13 rings (SSSR count). The number of hydrogen-bond donors (Lipinski definition) is 0. The Kier molecular flexibility index (Phi) is 9.39. The van der Waals surface area contributed by atoms with Crippen LogP contribution in [0.2, 0.25) is 0 Å². The van der Waals surface area contributed by atoms with E-state index in [0.717, 1.165) is 67.9 Å². The quantitative estimate of drug-likeness (QED) is 0.159. The molecular weight excluding hydrogens is 871 g/mol. The second-order valence-corrected chi connectivity index (χ2v) is 19.0. The first-order valence-electron chi connectivity index (χ1n) is 21.3. The molecule has 0 atom stereocenters. The minimum absolute atomic E-state index is 0.557. The van der Waals surface area contributed by atoms with E-state index in [1.807, 2.05) is 55.4 Å². The van der Waals surface area contributed by atoms with Gasteiger partial charge < -0.3 is 14.7 Å². The van der Waals surface area contributed by atoms with Crippen LogP contribution in [0.3, 0.4) is 0 Å². The van der Waals surface area contributed by atoms with Crippen LogP contribution in [-0.4, -0.2) is 29.9 Å². The Morgan fingerprint density at radius 2 is 0.455 bits per heavy atom. The van der Waals surface area contributed by atoms with Gasteiger partial charge >= 0.3 is 0 Å². The molecule has 66 heavy (non-hydrogen) atoms. The molecule has 7 aromatic carbocycles. The molecule has 9 nitrogen and oxygen atoms in total. The van der Waals surface area contributed by atoms with Crippen LogP contribution in [0.4, 0.5) is 51.2 Å². The van der Waals surface area contributed by atoms with Gasteiger partial charge in [0.05, 0.1) is 88.4 Å². The van der Waals surface area contributed by atoms with Gasteiger partial charge in [0.15, 0.2) is 17.5 Å². The molecule has 0 radical (unpaired) electrons. The maximum atomic E-state index is 5.02. The molecule has 0 amide bonds. The molecule has 0 saturated carbocycles. The first-order valence-corrected chi connectivity index (χ1v) is 23.8. The number of benzene rings is 7. The van der Waals surface area contributed by atoms with Crippen LogP contribution in [0.15, 0.2) is 230 Å². The van der Waals surface area contributed by atoms with Gasteiger partial charge in [0, 0.05) is 46.1 Å². The molecule has 0 saturated heterocycles. The van der Waals surface area contributed by atoms with E-state index in [4.69, 9.17) is 29.9 Å². The van der Waals surface area contributed by atoms with E-state index >= 15 is 0 Å². The average Bonchev–Trinajstić information content (AvgIpc) is 3.39. The lowest BCUT2D eigenvalue weighted by Gasteiger charge is -2.32. The van der Waals surface area contributed by atoms with Crippen LogP contribution in [0.1, 0.15) is 0 Å². The Labute approximate surface area is 393 Å². The Bertz CT molecular complexity index is 2980. The van der Waals surface area contributed by atoms with Crippen molar-refractivity contribution in [2.75, 3.05) is 14.7 Å². The second-order valence-electron chi connectivity index (χ2n) is 15.7. The molecule has 0 unspecified atom stereocenters. The summed E-state index contributed by atoms with van der Waals surface area (Å²) in [4.78, 5) is 43.8. The van der Waals surface area contributed by atoms with Gasteiger partial charge in [-0.15, -0.1) is 0 Å². The van der Waals surface area contributed by atoms with Gasteiger partial charge in [0.2, 0.25) is 0 Å². The van der Waals surface area contributed by atoms with E-state index in [1.165, 1.54) is 29.4 Å². The van der Waals surface area contributed by atoms with Crippen molar-refractivity contribution in [2.24, 2.45) is 0 Å². The highest BCUT2D eigenvalue weighted by Gasteiger charge is 2.28. The van der Waals surface area contributed by atoms with Gasteiger partial charge in [-0.1, -0.05) is 108 Å². The van der Waals surface area contributed by atoms with Gasteiger partial charge in [-0.25, -0.2) is 29.9 Å². The van der Waals surface area contributed by atoms with Gasteiger partial charge in [0.1, 0.15) is 0 Å². The maximum absolute atomic E-state index is 5.02. The Balaban J connectivity index is 0.901. The SMILES string of the molecule is c1ccc2c(c1)Sc1ccccc1N2c1cnc(-c2cc(-c3ncc(N4c5ccccc5Sc5ccccc54)cn3)cc(-c3ncc(N4c5ccccc5Sc5ccccc54)cn3)c2)nc1. The third kappa shape index (κ3) is 6.68. The monoisotopic (exact) mass is 903 g/mol. The number of nitrogens with zero attached hydrogens (tertiary/aromatic N) is 9. The normalized spacial score (nSPS) is 13.2. The summed E-state index contributed by atoms with van der Waals surface area (Å²) in [6.45, 7) is 0. The van der Waals surface area contributed by atoms with Crippen LogP contribution in [0.25, 0.3) is 34.2 Å². The number of para-hydroxylation sites is 6. The third-order valence-corrected chi connectivity index (χ3v) is 15.1. The summed E-state index contributed by atoms with van der Waals surface area (Å²) in [6.07, 6.45) is 11.4. The molecule has 10 aromatic rings. The predicted octanol–water partition coefficient (Wildman–Crippen LogP) is 14.9. The number of anilines is 9. The highest BCUT2D eigenvalue weighted by atomic mass is 32.2. The highest BCUT2D eigenvalue weighted by Crippen LogP contribution is 2.53. The summed E-state index contributed by atoms with van der Waals surface area (Å²) in [5.41, 5.74) is 11.5. The number of rotatable bonds is 6. The lowest BCUT2D eigenvalue weighted by atomic mass is 10.0. The molecule has 3 aromatic heterocycles. The summed E-state index contributed by atoms with van der Waals surface area (Å²) in [5.74, 6) is 1.67. The van der Waals surface area contributed by atoms with E-state index in [0.29, 0.717) is 17.5 Å². The maximum Gasteiger partial charge on any atom is 0.159 e. The van der Waals surface area contributed by atoms with Crippen molar-refractivity contribution in [3.8, 4) is 34.2 Å². The summed E-state index contributed by atoms with van der Waals surface area (Å²) >= 11 is 5.32. The molecule has 0 fully saturated rings. The van der Waals surface area contributed by atoms with Gasteiger partial charge in [0.25, 0.3) is 0 Å². The molecule has 0 N–H and O–H groups in total. The molecular formula is C54H33N9S3. The van der Waals surface area contributed by atoms with Crippen molar-refractivity contribution in [3.63, 3.8) is 0 Å². The molecule has 3 aliphatic heterocycles. The van der Waals surface area contributed by atoms with Crippen molar-refractivity contribution in [3.05, 3.63) is 201 Å². The van der Waals surface area contributed by atoms with Crippen LogP contribution < -0.4 is 14.7 Å². The van der Waals surface area contributed by atoms with Crippen LogP contribution in [0, 0.1) is 0 Å². The third-order valence-electron chi connectivity index (χ3n) is 11.7. The summed E-state index contributed by atoms with van der Waals surface area (Å²) in [7, 11) is 0. The van der Waals surface area contributed by atoms with Crippen molar-refractivity contribution < 1.29 is 0 Å². The zero-order chi connectivity index (χ0) is 43.6. The summed E-state index contributed by atoms with van der Waals surface area (Å²) in [6, 6.07) is 56.8. The highest BCUT2D eigenvalue weighted by molar-refractivity contribution is 8.00. The lowest BCUT2D eigenvalue weighted by Crippen LogP contribution is -2.15. The molecule has 3 aliphatic rings. The van der Waals surface area contributed by atoms with Gasteiger partial charge in [-0.05, 0) is 91.0 Å². The Hall–Kier alpha value is -7.77. The molecule has 312 valence electrons. The van der Waals surface area contributed by atoms with E-state index in [9.17, 15) is 0 Å². The molecule has 6 heterocycles. The fourth-order valence-corrected chi connectivity index (χ4v) is 11.9. The Morgan fingerprint density at radius 1 is 0.258 bits per heavy atom. The van der Waals surface area contributed by atoms with E-state index in [2.05, 4.69) is 160 Å². The van der Waals surface area contributed by atoms with Crippen molar-refractivity contribution in [2.45, 2.75) is 29.4 Å². The average molecular weight is 904 g/mol. The first kappa shape index (κ1) is 38.7. The molecule has 0 aliphatic carbocycles. The van der Waals surface area contributed by atoms with Crippen LogP contribution in [-0.2, 0) is 0 Å². The van der Waals surface area contributed by atoms with Crippen molar-refractivity contribution >= 4 is 86.5 Å². The predicted molar refractivity (Wildman–Crippen MR) is 266 cm³/mol. The smallest absolute Gasteiger partial charge is 0.159 e. The molecule has 0 bridgehead atoms. The zero-order valence-corrected chi connectivity index (χ0v) is 37.3. The fraction of sp³-hybridized carbons (Fsp3) is 0. The van der Waals surface area contributed by atoms with E-state index in [1.54, 1.807) is 35.3 Å². The Morgan fingerprint density at radius 3 is 0.667 bits per heavy atom. The van der Waals surface area contributed by atoms with Gasteiger partial charge in [-0.3, -0.25) is 0 Å². The number of fused-ring (bicyclic) bond motifs is 6. The summed E-state index contributed by atoms with van der Waals surface area (Å²) in [5, 5.41) is 0. The summed E-state index contributed by atoms with van der Waals surface area (Å²) < 4.78 is 0.